The average Bonchev–Trinajstić information content (AvgIpc) is 2.48. The first-order valence-electron chi connectivity index (χ1n) is 6.17. The van der Waals surface area contributed by atoms with Gasteiger partial charge in [0.1, 0.15) is 6.07 Å². The van der Waals surface area contributed by atoms with E-state index in [0.717, 1.165) is 5.56 Å². The number of nitro groups is 1. The highest BCUT2D eigenvalue weighted by molar-refractivity contribution is 5.59. The molecular weight excluding hydrogens is 270 g/mol. The number of hydrogen-bond donors (Lipinski definition) is 2. The van der Waals surface area contributed by atoms with Crippen molar-refractivity contribution in [1.29, 1.82) is 5.26 Å². The molecule has 2 rings (SSSR count). The normalized spacial score (nSPS) is 11.4. The average molecular weight is 283 g/mol. The van der Waals surface area contributed by atoms with Gasteiger partial charge in [-0.2, -0.15) is 5.26 Å². The summed E-state index contributed by atoms with van der Waals surface area (Å²) in [5, 5.41) is 22.8. The number of nitrogens with one attached hydrogen (secondary N) is 1. The first kappa shape index (κ1) is 14.3. The Balaban J connectivity index is 2.28. The Hall–Kier alpha value is -3.14. The van der Waals surface area contributed by atoms with E-state index in [9.17, 15) is 10.1 Å². The van der Waals surface area contributed by atoms with Gasteiger partial charge in [0.15, 0.2) is 0 Å². The van der Waals surface area contributed by atoms with E-state index in [4.69, 9.17) is 11.0 Å². The van der Waals surface area contributed by atoms with Crippen molar-refractivity contribution in [2.75, 3.05) is 11.1 Å². The van der Waals surface area contributed by atoms with Crippen molar-refractivity contribution < 1.29 is 4.92 Å². The van der Waals surface area contributed by atoms with Crippen LogP contribution in [0.4, 0.5) is 17.2 Å². The second kappa shape index (κ2) is 5.88. The summed E-state index contributed by atoms with van der Waals surface area (Å²) in [6.45, 7) is 1.86. The van der Waals surface area contributed by atoms with Gasteiger partial charge in [-0.1, -0.05) is 12.1 Å². The highest BCUT2D eigenvalue weighted by atomic mass is 16.6. The van der Waals surface area contributed by atoms with Crippen LogP contribution < -0.4 is 11.1 Å². The molecule has 1 atom stereocenters. The number of benzene rings is 1. The number of hydrogen-bond acceptors (Lipinski definition) is 6. The number of anilines is 2. The molecule has 1 aromatic heterocycles. The molecule has 0 spiro atoms. The number of aromatic nitrogens is 1. The summed E-state index contributed by atoms with van der Waals surface area (Å²) in [7, 11) is 0. The molecule has 0 saturated carbocycles. The van der Waals surface area contributed by atoms with Crippen LogP contribution in [0.2, 0.25) is 0 Å². The standard InChI is InChI=1S/C14H13N5O2/c1-9(11-2-4-12(16)5-3-11)18-14-13(19(20)21)6-10(7-15)8-17-14/h2-6,8-9H,16H2,1H3,(H,17,18). The molecule has 21 heavy (non-hydrogen) atoms. The van der Waals surface area contributed by atoms with Crippen molar-refractivity contribution >= 4 is 17.2 Å². The van der Waals surface area contributed by atoms with Crippen LogP contribution in [-0.2, 0) is 0 Å². The van der Waals surface area contributed by atoms with E-state index in [2.05, 4.69) is 10.3 Å². The van der Waals surface area contributed by atoms with E-state index in [0.29, 0.717) is 5.69 Å². The highest BCUT2D eigenvalue weighted by Gasteiger charge is 2.18. The lowest BCUT2D eigenvalue weighted by molar-refractivity contribution is -0.384. The van der Waals surface area contributed by atoms with Crippen LogP contribution in [0.15, 0.2) is 36.5 Å². The van der Waals surface area contributed by atoms with Gasteiger partial charge in [-0.15, -0.1) is 0 Å². The zero-order valence-electron chi connectivity index (χ0n) is 11.3. The molecule has 1 unspecified atom stereocenters. The van der Waals surface area contributed by atoms with Gasteiger partial charge in [-0.05, 0) is 24.6 Å². The largest absolute Gasteiger partial charge is 0.399 e. The molecule has 7 heteroatoms. The Morgan fingerprint density at radius 3 is 2.67 bits per heavy atom. The minimum absolute atomic E-state index is 0.128. The molecule has 1 heterocycles. The smallest absolute Gasteiger partial charge is 0.312 e. The third-order valence-electron chi connectivity index (χ3n) is 2.98. The number of nitrogens with zero attached hydrogens (tertiary/aromatic N) is 3. The van der Waals surface area contributed by atoms with Crippen molar-refractivity contribution in [3.63, 3.8) is 0 Å². The lowest BCUT2D eigenvalue weighted by atomic mass is 10.1. The fourth-order valence-corrected chi connectivity index (χ4v) is 1.84. The molecular formula is C14H13N5O2. The van der Waals surface area contributed by atoms with Crippen LogP contribution in [0, 0.1) is 21.4 Å². The Morgan fingerprint density at radius 1 is 1.43 bits per heavy atom. The van der Waals surface area contributed by atoms with Crippen LogP contribution in [0.3, 0.4) is 0 Å². The van der Waals surface area contributed by atoms with Gasteiger partial charge < -0.3 is 11.1 Å². The molecule has 0 radical (unpaired) electrons. The fraction of sp³-hybridized carbons (Fsp3) is 0.143. The quantitative estimate of drug-likeness (QED) is 0.506. The van der Waals surface area contributed by atoms with E-state index in [1.165, 1.54) is 12.3 Å². The fourth-order valence-electron chi connectivity index (χ4n) is 1.84. The minimum atomic E-state index is -0.564. The number of nitriles is 1. The summed E-state index contributed by atoms with van der Waals surface area (Å²) >= 11 is 0. The maximum atomic E-state index is 11.1. The van der Waals surface area contributed by atoms with Crippen molar-refractivity contribution in [1.82, 2.24) is 4.98 Å². The van der Waals surface area contributed by atoms with Crippen LogP contribution in [-0.4, -0.2) is 9.91 Å². The monoisotopic (exact) mass is 283 g/mol. The summed E-state index contributed by atoms with van der Waals surface area (Å²) in [5.41, 5.74) is 7.11. The van der Waals surface area contributed by atoms with Gasteiger partial charge in [0.05, 0.1) is 16.5 Å². The molecule has 7 nitrogen and oxygen atoms in total. The van der Waals surface area contributed by atoms with Crippen molar-refractivity contribution in [2.45, 2.75) is 13.0 Å². The van der Waals surface area contributed by atoms with E-state index < -0.39 is 4.92 Å². The molecule has 0 aliphatic heterocycles. The summed E-state index contributed by atoms with van der Waals surface area (Å²) in [6.07, 6.45) is 1.30. The van der Waals surface area contributed by atoms with E-state index in [-0.39, 0.29) is 23.1 Å². The minimum Gasteiger partial charge on any atom is -0.399 e. The number of rotatable bonds is 4. The van der Waals surface area contributed by atoms with Gasteiger partial charge >= 0.3 is 5.69 Å². The summed E-state index contributed by atoms with van der Waals surface area (Å²) in [5.74, 6) is 0.128. The molecule has 0 aliphatic rings. The molecule has 0 amide bonds. The first-order valence-corrected chi connectivity index (χ1v) is 6.17. The predicted molar refractivity (Wildman–Crippen MR) is 78.5 cm³/mol. The zero-order chi connectivity index (χ0) is 15.4. The number of nitrogens with two attached hydrogens (primary N) is 1. The topological polar surface area (TPSA) is 118 Å². The highest BCUT2D eigenvalue weighted by Crippen LogP contribution is 2.27. The Labute approximate surface area is 121 Å². The predicted octanol–water partition coefficient (Wildman–Crippen LogP) is 2.62. The van der Waals surface area contributed by atoms with Crippen molar-refractivity contribution in [3.05, 3.63) is 57.8 Å². The van der Waals surface area contributed by atoms with E-state index in [1.807, 2.05) is 25.1 Å². The number of nitrogen functional groups attached to an aromatic ring is 1. The van der Waals surface area contributed by atoms with Gasteiger partial charge in [0, 0.05) is 18.0 Å². The number of pyridine rings is 1. The second-order valence-corrected chi connectivity index (χ2v) is 4.49. The first-order chi connectivity index (χ1) is 10.0. The van der Waals surface area contributed by atoms with Gasteiger partial charge in [0.25, 0.3) is 0 Å². The Morgan fingerprint density at radius 2 is 2.10 bits per heavy atom. The van der Waals surface area contributed by atoms with Crippen molar-refractivity contribution in [2.24, 2.45) is 0 Å². The SMILES string of the molecule is CC(Nc1ncc(C#N)cc1[N+](=O)[O-])c1ccc(N)cc1. The lowest BCUT2D eigenvalue weighted by Crippen LogP contribution is -2.10. The van der Waals surface area contributed by atoms with Gasteiger partial charge in [-0.3, -0.25) is 10.1 Å². The lowest BCUT2D eigenvalue weighted by Gasteiger charge is -2.15. The van der Waals surface area contributed by atoms with Gasteiger partial charge in [0.2, 0.25) is 5.82 Å². The second-order valence-electron chi connectivity index (χ2n) is 4.49. The summed E-state index contributed by atoms with van der Waals surface area (Å²) < 4.78 is 0. The zero-order valence-corrected chi connectivity index (χ0v) is 11.3. The molecule has 1 aromatic carbocycles. The maximum absolute atomic E-state index is 11.1. The Bertz CT molecular complexity index is 706. The van der Waals surface area contributed by atoms with Gasteiger partial charge in [-0.25, -0.2) is 4.98 Å². The molecule has 0 saturated heterocycles. The summed E-state index contributed by atoms with van der Waals surface area (Å²) in [6, 6.07) is 10.0. The molecule has 2 aromatic rings. The van der Waals surface area contributed by atoms with Crippen LogP contribution in [0.5, 0.6) is 0 Å². The van der Waals surface area contributed by atoms with Crippen LogP contribution in [0.25, 0.3) is 0 Å². The molecule has 3 N–H and O–H groups in total. The molecule has 0 aliphatic carbocycles. The van der Waals surface area contributed by atoms with Crippen LogP contribution in [0.1, 0.15) is 24.1 Å². The van der Waals surface area contributed by atoms with E-state index in [1.54, 1.807) is 12.1 Å². The molecule has 0 fully saturated rings. The maximum Gasteiger partial charge on any atom is 0.312 e. The summed E-state index contributed by atoms with van der Waals surface area (Å²) in [4.78, 5) is 14.4. The third kappa shape index (κ3) is 3.25. The molecule has 106 valence electrons. The van der Waals surface area contributed by atoms with Crippen LogP contribution >= 0.6 is 0 Å². The van der Waals surface area contributed by atoms with E-state index >= 15 is 0 Å². The van der Waals surface area contributed by atoms with Crippen molar-refractivity contribution in [3.8, 4) is 6.07 Å². The Kier molecular flexibility index (Phi) is 4.00. The molecule has 0 bridgehead atoms. The third-order valence-corrected chi connectivity index (χ3v) is 2.98.